The van der Waals surface area contributed by atoms with E-state index in [9.17, 15) is 0 Å². The molecule has 0 unspecified atom stereocenters. The van der Waals surface area contributed by atoms with Crippen LogP contribution in [0.2, 0.25) is 0 Å². The van der Waals surface area contributed by atoms with Gasteiger partial charge in [-0.1, -0.05) is 18.2 Å². The lowest BCUT2D eigenvalue weighted by atomic mass is 10.2. The van der Waals surface area contributed by atoms with Crippen molar-refractivity contribution in [2.45, 2.75) is 17.7 Å². The van der Waals surface area contributed by atoms with E-state index in [0.717, 1.165) is 25.3 Å². The van der Waals surface area contributed by atoms with Gasteiger partial charge >= 0.3 is 0 Å². The summed E-state index contributed by atoms with van der Waals surface area (Å²) in [5, 5.41) is 1.32. The normalized spacial score (nSPS) is 16.9. The van der Waals surface area contributed by atoms with E-state index in [1.165, 1.54) is 28.1 Å². The summed E-state index contributed by atoms with van der Waals surface area (Å²) in [4.78, 5) is 11.6. The highest BCUT2D eigenvalue weighted by Crippen LogP contribution is 2.27. The second-order valence-corrected chi connectivity index (χ2v) is 6.01. The fourth-order valence-electron chi connectivity index (χ4n) is 2.49. The van der Waals surface area contributed by atoms with Gasteiger partial charge in [0.25, 0.3) is 0 Å². The van der Waals surface area contributed by atoms with E-state index in [2.05, 4.69) is 47.4 Å². The average molecular weight is 310 g/mol. The molecule has 0 radical (unpaired) electrons. The molecule has 0 saturated carbocycles. The number of nitrogens with one attached hydrogen (secondary N) is 1. The van der Waals surface area contributed by atoms with Crippen LogP contribution < -0.4 is 0 Å². The molecule has 0 spiro atoms. The maximum Gasteiger partial charge on any atom is 0.0987 e. The van der Waals surface area contributed by atoms with Crippen molar-refractivity contribution in [3.63, 3.8) is 0 Å². The van der Waals surface area contributed by atoms with Crippen molar-refractivity contribution in [1.82, 2.24) is 9.88 Å². The maximum absolute atomic E-state index is 4.70. The number of amidine groups is 1. The molecular formula is C15H20ClN3S. The van der Waals surface area contributed by atoms with E-state index >= 15 is 0 Å². The summed E-state index contributed by atoms with van der Waals surface area (Å²) < 4.78 is 0. The molecule has 1 N–H and O–H groups in total. The monoisotopic (exact) mass is 309 g/mol. The lowest BCUT2D eigenvalue weighted by Gasteiger charge is -2.10. The third-order valence-electron chi connectivity index (χ3n) is 3.53. The molecule has 3 nitrogen and oxygen atoms in total. The minimum absolute atomic E-state index is 0. The van der Waals surface area contributed by atoms with Gasteiger partial charge in [0.15, 0.2) is 0 Å². The number of rotatable bonds is 4. The Morgan fingerprint density at radius 1 is 1.35 bits per heavy atom. The fraction of sp³-hybridized carbons (Fsp3) is 0.400. The van der Waals surface area contributed by atoms with Crippen molar-refractivity contribution in [3.05, 3.63) is 30.5 Å². The maximum atomic E-state index is 4.70. The van der Waals surface area contributed by atoms with E-state index in [1.807, 2.05) is 11.8 Å². The molecule has 3 rings (SSSR count). The summed E-state index contributed by atoms with van der Waals surface area (Å²) in [6, 6.07) is 8.45. The summed E-state index contributed by atoms with van der Waals surface area (Å²) in [6.45, 7) is 2.07. The molecule has 1 aromatic carbocycles. The van der Waals surface area contributed by atoms with Gasteiger partial charge in [-0.25, -0.2) is 0 Å². The van der Waals surface area contributed by atoms with Crippen LogP contribution in [0.1, 0.15) is 12.8 Å². The number of H-pyrrole nitrogens is 1. The second kappa shape index (κ2) is 7.04. The lowest BCUT2D eigenvalue weighted by Crippen LogP contribution is -2.19. The van der Waals surface area contributed by atoms with Crippen molar-refractivity contribution in [1.29, 1.82) is 0 Å². The van der Waals surface area contributed by atoms with Gasteiger partial charge in [-0.15, -0.1) is 24.2 Å². The number of fused-ring (bicyclic) bond motifs is 1. The number of aromatic nitrogens is 1. The molecule has 0 aliphatic carbocycles. The quantitative estimate of drug-likeness (QED) is 0.688. The predicted octanol–water partition coefficient (Wildman–Crippen LogP) is 3.81. The minimum atomic E-state index is 0. The molecule has 0 bridgehead atoms. The Kier molecular flexibility index (Phi) is 5.38. The topological polar surface area (TPSA) is 31.4 Å². The zero-order valence-electron chi connectivity index (χ0n) is 11.6. The Labute approximate surface area is 130 Å². The molecule has 20 heavy (non-hydrogen) atoms. The van der Waals surface area contributed by atoms with Crippen molar-refractivity contribution in [2.24, 2.45) is 4.99 Å². The van der Waals surface area contributed by atoms with Gasteiger partial charge in [0.1, 0.15) is 0 Å². The van der Waals surface area contributed by atoms with Gasteiger partial charge < -0.3 is 9.88 Å². The summed E-state index contributed by atoms with van der Waals surface area (Å²) in [7, 11) is 2.14. The van der Waals surface area contributed by atoms with Crippen LogP contribution in [0.15, 0.2) is 40.4 Å². The lowest BCUT2D eigenvalue weighted by molar-refractivity contribution is 0.548. The van der Waals surface area contributed by atoms with Crippen molar-refractivity contribution < 1.29 is 0 Å². The van der Waals surface area contributed by atoms with Crippen LogP contribution in [0.25, 0.3) is 10.9 Å². The zero-order valence-corrected chi connectivity index (χ0v) is 13.3. The van der Waals surface area contributed by atoms with Crippen molar-refractivity contribution in [3.8, 4) is 0 Å². The number of hydrogen-bond donors (Lipinski definition) is 1. The highest BCUT2D eigenvalue weighted by Gasteiger charge is 2.13. The molecule has 1 aliphatic heterocycles. The van der Waals surface area contributed by atoms with Gasteiger partial charge in [0, 0.05) is 47.8 Å². The van der Waals surface area contributed by atoms with Crippen LogP contribution in [0.3, 0.4) is 0 Å². The molecular weight excluding hydrogens is 290 g/mol. The molecule has 1 aromatic heterocycles. The highest BCUT2D eigenvalue weighted by atomic mass is 35.5. The number of thioether (sulfide) groups is 1. The van der Waals surface area contributed by atoms with Crippen molar-refractivity contribution >= 4 is 40.9 Å². The summed E-state index contributed by atoms with van der Waals surface area (Å²) in [5.74, 6) is 2.32. The zero-order chi connectivity index (χ0) is 13.1. The van der Waals surface area contributed by atoms with Crippen molar-refractivity contribution in [2.75, 3.05) is 25.9 Å². The number of hydrogen-bond acceptors (Lipinski definition) is 2. The van der Waals surface area contributed by atoms with E-state index in [0.29, 0.717) is 0 Å². The first-order chi connectivity index (χ1) is 9.34. The first-order valence-corrected chi connectivity index (χ1v) is 7.76. The number of nitrogens with zero attached hydrogens (tertiary/aromatic N) is 2. The number of halogens is 1. The Morgan fingerprint density at radius 3 is 3.00 bits per heavy atom. The van der Waals surface area contributed by atoms with Gasteiger partial charge in [-0.2, -0.15) is 0 Å². The van der Waals surface area contributed by atoms with Gasteiger partial charge in [-0.05, 0) is 12.5 Å². The standard InChI is InChI=1S/C15H19N3S.ClH/c1-18-9-4-7-15(18)16-8-10-19-14-11-17-13-6-3-2-5-12(13)14;/h2-3,5-6,11,17H,4,7-10H2,1H3;1H. The van der Waals surface area contributed by atoms with E-state index in [-0.39, 0.29) is 12.4 Å². The van der Waals surface area contributed by atoms with Crippen LogP contribution in [-0.4, -0.2) is 41.6 Å². The molecule has 1 aliphatic rings. The van der Waals surface area contributed by atoms with Gasteiger partial charge in [-0.3, -0.25) is 4.99 Å². The number of aromatic amines is 1. The third kappa shape index (κ3) is 3.30. The molecule has 1 fully saturated rings. The van der Waals surface area contributed by atoms with Crippen LogP contribution in [0, 0.1) is 0 Å². The minimum Gasteiger partial charge on any atom is -0.363 e. The summed E-state index contributed by atoms with van der Waals surface area (Å²) in [5.41, 5.74) is 1.21. The number of benzene rings is 1. The van der Waals surface area contributed by atoms with Crippen LogP contribution in [0.5, 0.6) is 0 Å². The molecule has 5 heteroatoms. The number of likely N-dealkylation sites (tertiary alicyclic amines) is 1. The Balaban J connectivity index is 0.00000147. The van der Waals surface area contributed by atoms with Crippen LogP contribution in [-0.2, 0) is 0 Å². The van der Waals surface area contributed by atoms with E-state index < -0.39 is 0 Å². The largest absolute Gasteiger partial charge is 0.363 e. The SMILES string of the molecule is CN1CCCC1=NCCSc1c[nH]c2ccccc12.Cl. The first kappa shape index (κ1) is 15.3. The van der Waals surface area contributed by atoms with Gasteiger partial charge in [0.2, 0.25) is 0 Å². The van der Waals surface area contributed by atoms with E-state index in [4.69, 9.17) is 4.99 Å². The predicted molar refractivity (Wildman–Crippen MR) is 90.4 cm³/mol. The van der Waals surface area contributed by atoms with Gasteiger partial charge in [0.05, 0.1) is 12.4 Å². The molecule has 0 atom stereocenters. The Bertz CT molecular complexity index is 594. The third-order valence-corrected chi connectivity index (χ3v) is 4.56. The van der Waals surface area contributed by atoms with Crippen LogP contribution in [0.4, 0.5) is 0 Å². The summed E-state index contributed by atoms with van der Waals surface area (Å²) in [6.07, 6.45) is 4.50. The molecule has 2 heterocycles. The second-order valence-electron chi connectivity index (χ2n) is 4.87. The highest BCUT2D eigenvalue weighted by molar-refractivity contribution is 7.99. The molecule has 2 aromatic rings. The van der Waals surface area contributed by atoms with Crippen LogP contribution >= 0.6 is 24.2 Å². The van der Waals surface area contributed by atoms with E-state index in [1.54, 1.807) is 0 Å². The fourth-order valence-corrected chi connectivity index (χ4v) is 3.37. The Morgan fingerprint density at radius 2 is 2.20 bits per heavy atom. The molecule has 108 valence electrons. The number of para-hydroxylation sites is 1. The summed E-state index contributed by atoms with van der Waals surface area (Å²) >= 11 is 1.88. The average Bonchev–Trinajstić information content (AvgIpc) is 3.02. The first-order valence-electron chi connectivity index (χ1n) is 6.78. The smallest absolute Gasteiger partial charge is 0.0987 e. The molecule has 1 saturated heterocycles. The Hall–Kier alpha value is -1.13. The molecule has 0 amide bonds. The number of aliphatic imine (C=N–C) groups is 1.